The van der Waals surface area contributed by atoms with Crippen molar-refractivity contribution in [2.75, 3.05) is 5.32 Å². The molecule has 5 heteroatoms. The maximum absolute atomic E-state index is 4.77. The fourth-order valence-corrected chi connectivity index (χ4v) is 5.67. The monoisotopic (exact) mass is 424 g/mol. The van der Waals surface area contributed by atoms with Crippen LogP contribution in [0, 0.1) is 5.92 Å². The summed E-state index contributed by atoms with van der Waals surface area (Å²) >= 11 is 1.80. The predicted octanol–water partition coefficient (Wildman–Crippen LogP) is 6.89. The smallest absolute Gasteiger partial charge is 0.157 e. The van der Waals surface area contributed by atoms with Crippen molar-refractivity contribution in [3.8, 4) is 0 Å². The molecule has 4 aromatic rings. The number of pyridine rings is 1. The van der Waals surface area contributed by atoms with Crippen molar-refractivity contribution < 1.29 is 0 Å². The normalized spacial score (nSPS) is 15.5. The number of fused-ring (bicyclic) bond motifs is 3. The van der Waals surface area contributed by atoms with E-state index in [1.165, 1.54) is 35.5 Å². The van der Waals surface area contributed by atoms with Crippen molar-refractivity contribution in [3.05, 3.63) is 78.6 Å². The highest BCUT2D eigenvalue weighted by molar-refractivity contribution is 7.99. The minimum Gasteiger partial charge on any atom is -0.354 e. The second-order valence-corrected chi connectivity index (χ2v) is 9.61. The van der Waals surface area contributed by atoms with Crippen LogP contribution in [-0.4, -0.2) is 14.8 Å². The molecule has 0 spiro atoms. The van der Waals surface area contributed by atoms with E-state index >= 15 is 0 Å². The van der Waals surface area contributed by atoms with Crippen molar-refractivity contribution in [1.82, 2.24) is 14.8 Å². The topological polar surface area (TPSA) is 42.7 Å². The average molecular weight is 425 g/mol. The van der Waals surface area contributed by atoms with Crippen LogP contribution >= 0.6 is 11.8 Å². The quantitative estimate of drug-likeness (QED) is 0.341. The fraction of sp³-hybridized carbons (Fsp3) is 0.231. The second kappa shape index (κ2) is 7.57. The maximum atomic E-state index is 4.77. The molecule has 1 aliphatic heterocycles. The van der Waals surface area contributed by atoms with E-state index in [9.17, 15) is 0 Å². The number of anilines is 2. The third-order valence-electron chi connectivity index (χ3n) is 6.43. The Morgan fingerprint density at radius 3 is 2.74 bits per heavy atom. The molecule has 1 N–H and O–H groups in total. The summed E-state index contributed by atoms with van der Waals surface area (Å²) < 4.78 is 2.08. The lowest BCUT2D eigenvalue weighted by molar-refractivity contribution is 0.436. The van der Waals surface area contributed by atoms with Crippen LogP contribution in [0.5, 0.6) is 0 Å². The van der Waals surface area contributed by atoms with E-state index in [1.807, 2.05) is 12.4 Å². The van der Waals surface area contributed by atoms with Gasteiger partial charge in [0.15, 0.2) is 5.65 Å². The lowest BCUT2D eigenvalue weighted by atomic mass is 10.00. The summed E-state index contributed by atoms with van der Waals surface area (Å²) in [5, 5.41) is 9.27. The van der Waals surface area contributed by atoms with Gasteiger partial charge in [-0.3, -0.25) is 0 Å². The lowest BCUT2D eigenvalue weighted by Gasteiger charge is -2.21. The number of hydrogen-bond acceptors (Lipinski definition) is 4. The molecule has 31 heavy (non-hydrogen) atoms. The summed E-state index contributed by atoms with van der Waals surface area (Å²) in [6, 6.07) is 17.1. The Labute approximate surface area is 186 Å². The van der Waals surface area contributed by atoms with Gasteiger partial charge >= 0.3 is 0 Å². The third kappa shape index (κ3) is 3.43. The molecule has 1 aliphatic carbocycles. The highest BCUT2D eigenvalue weighted by Gasteiger charge is 2.19. The second-order valence-electron chi connectivity index (χ2n) is 8.53. The Balaban J connectivity index is 1.27. The Morgan fingerprint density at radius 1 is 1.00 bits per heavy atom. The minimum absolute atomic E-state index is 0.741. The van der Waals surface area contributed by atoms with Gasteiger partial charge in [-0.25, -0.2) is 9.67 Å². The van der Waals surface area contributed by atoms with Crippen molar-refractivity contribution in [1.29, 1.82) is 0 Å². The molecule has 1 fully saturated rings. The average Bonchev–Trinajstić information content (AvgIpc) is 3.47. The van der Waals surface area contributed by atoms with Crippen molar-refractivity contribution in [2.24, 2.45) is 5.92 Å². The molecule has 2 aromatic heterocycles. The zero-order valence-corrected chi connectivity index (χ0v) is 18.2. The van der Waals surface area contributed by atoms with Gasteiger partial charge < -0.3 is 5.32 Å². The molecule has 0 amide bonds. The molecular weight excluding hydrogens is 400 g/mol. The summed E-state index contributed by atoms with van der Waals surface area (Å²) in [6.45, 7) is 5.36. The molecule has 2 aliphatic rings. The van der Waals surface area contributed by atoms with Gasteiger partial charge in [-0.05, 0) is 60.2 Å². The van der Waals surface area contributed by atoms with Crippen LogP contribution in [0.25, 0.3) is 16.6 Å². The van der Waals surface area contributed by atoms with E-state index in [0.29, 0.717) is 0 Å². The number of aromatic nitrogens is 3. The van der Waals surface area contributed by atoms with E-state index in [4.69, 9.17) is 4.98 Å². The van der Waals surface area contributed by atoms with Gasteiger partial charge in [0.05, 0.1) is 17.6 Å². The molecule has 6 rings (SSSR count). The number of nitrogens with one attached hydrogen (secondary N) is 1. The van der Waals surface area contributed by atoms with Crippen LogP contribution in [0.3, 0.4) is 0 Å². The van der Waals surface area contributed by atoms with Crippen LogP contribution in [-0.2, 0) is 6.54 Å². The molecule has 0 saturated heterocycles. The van der Waals surface area contributed by atoms with E-state index in [1.54, 1.807) is 11.8 Å². The van der Waals surface area contributed by atoms with E-state index in [0.717, 1.165) is 51.6 Å². The van der Waals surface area contributed by atoms with Gasteiger partial charge in [0, 0.05) is 33.5 Å². The van der Waals surface area contributed by atoms with Gasteiger partial charge in [0.1, 0.15) is 0 Å². The number of para-hydroxylation sites is 1. The van der Waals surface area contributed by atoms with Gasteiger partial charge in [-0.2, -0.15) is 5.10 Å². The first-order valence-electron chi connectivity index (χ1n) is 10.9. The van der Waals surface area contributed by atoms with E-state index in [2.05, 4.69) is 70.2 Å². The number of hydrogen-bond donors (Lipinski definition) is 1. The highest BCUT2D eigenvalue weighted by atomic mass is 32.2. The van der Waals surface area contributed by atoms with Crippen molar-refractivity contribution in [2.45, 2.75) is 42.0 Å². The van der Waals surface area contributed by atoms with E-state index < -0.39 is 0 Å². The van der Waals surface area contributed by atoms with Crippen molar-refractivity contribution >= 4 is 39.7 Å². The summed E-state index contributed by atoms with van der Waals surface area (Å²) in [4.78, 5) is 7.26. The summed E-state index contributed by atoms with van der Waals surface area (Å²) in [7, 11) is 0. The SMILES string of the molecule is C=C(c1ccc2c(c1)Nc1ccccc1S2)c1cnc2c(cnn2CC2CCCC2)c1. The minimum atomic E-state index is 0.741. The molecule has 0 bridgehead atoms. The number of rotatable bonds is 4. The molecule has 2 aromatic carbocycles. The number of benzene rings is 2. The zero-order chi connectivity index (χ0) is 20.8. The predicted molar refractivity (Wildman–Crippen MR) is 128 cm³/mol. The van der Waals surface area contributed by atoms with Crippen molar-refractivity contribution in [3.63, 3.8) is 0 Å². The molecule has 0 radical (unpaired) electrons. The van der Waals surface area contributed by atoms with E-state index in [-0.39, 0.29) is 0 Å². The summed E-state index contributed by atoms with van der Waals surface area (Å²) in [5.74, 6) is 0.741. The standard InChI is InChI=1S/C26H24N4S/c1-17(19-10-11-25-23(13-19)29-22-8-4-5-9-24(22)31-25)20-12-21-15-28-30(26(21)27-14-20)16-18-6-2-3-7-18/h4-5,8-15,18,29H,1-3,6-7,16H2. The molecule has 1 saturated carbocycles. The molecule has 0 atom stereocenters. The summed E-state index contributed by atoms with van der Waals surface area (Å²) in [6.07, 6.45) is 9.20. The fourth-order valence-electron chi connectivity index (χ4n) is 4.70. The Morgan fingerprint density at radius 2 is 1.84 bits per heavy atom. The molecule has 0 unspecified atom stereocenters. The van der Waals surface area contributed by atoms with Gasteiger partial charge in [0.2, 0.25) is 0 Å². The highest BCUT2D eigenvalue weighted by Crippen LogP contribution is 2.45. The summed E-state index contributed by atoms with van der Waals surface area (Å²) in [5.41, 5.74) is 6.37. The van der Waals surface area contributed by atoms with Gasteiger partial charge in [-0.15, -0.1) is 0 Å². The first-order chi connectivity index (χ1) is 15.2. The van der Waals surface area contributed by atoms with Crippen LogP contribution < -0.4 is 5.32 Å². The van der Waals surface area contributed by atoms with Crippen LogP contribution in [0.4, 0.5) is 11.4 Å². The van der Waals surface area contributed by atoms with Gasteiger partial charge in [-0.1, -0.05) is 49.4 Å². The Bertz CT molecular complexity index is 1300. The first kappa shape index (κ1) is 18.7. The van der Waals surface area contributed by atoms with Crippen LogP contribution in [0.2, 0.25) is 0 Å². The Hall–Kier alpha value is -3.05. The number of nitrogens with zero attached hydrogens (tertiary/aromatic N) is 3. The van der Waals surface area contributed by atoms with Crippen LogP contribution in [0.1, 0.15) is 36.8 Å². The Kier molecular flexibility index (Phi) is 4.57. The molecule has 154 valence electrons. The zero-order valence-electron chi connectivity index (χ0n) is 17.3. The van der Waals surface area contributed by atoms with Crippen LogP contribution in [0.15, 0.2) is 77.3 Å². The maximum Gasteiger partial charge on any atom is 0.157 e. The lowest BCUT2D eigenvalue weighted by Crippen LogP contribution is -2.09. The first-order valence-corrected chi connectivity index (χ1v) is 11.8. The molecule has 4 nitrogen and oxygen atoms in total. The molecule has 3 heterocycles. The third-order valence-corrected chi connectivity index (χ3v) is 7.59. The molecular formula is C26H24N4S. The largest absolute Gasteiger partial charge is 0.354 e. The van der Waals surface area contributed by atoms with Gasteiger partial charge in [0.25, 0.3) is 0 Å².